The van der Waals surface area contributed by atoms with Crippen LogP contribution >= 0.6 is 11.6 Å². The molecule has 7 heteroatoms. The van der Waals surface area contributed by atoms with Gasteiger partial charge >= 0.3 is 0 Å². The highest BCUT2D eigenvalue weighted by Gasteiger charge is 2.19. The summed E-state index contributed by atoms with van der Waals surface area (Å²) in [5.41, 5.74) is -0.250. The zero-order chi connectivity index (χ0) is 14.0. The van der Waals surface area contributed by atoms with Crippen LogP contribution < -0.4 is 4.72 Å². The molecule has 0 atom stereocenters. The standard InChI is InChI=1S/C12H9ClFNO3S/c13-9-3-1-2-4-12(9)19(17,18)15-10-7-8(14)5-6-11(10)16/h1-7,15-16H. The normalized spacial score (nSPS) is 11.3. The lowest BCUT2D eigenvalue weighted by atomic mass is 10.3. The quantitative estimate of drug-likeness (QED) is 0.857. The van der Waals surface area contributed by atoms with E-state index in [2.05, 4.69) is 4.72 Å². The molecule has 0 unspecified atom stereocenters. The first-order valence-corrected chi connectivity index (χ1v) is 7.02. The van der Waals surface area contributed by atoms with Crippen LogP contribution in [0.15, 0.2) is 47.4 Å². The Bertz CT molecular complexity index is 719. The molecule has 0 amide bonds. The molecular weight excluding hydrogens is 293 g/mol. The number of benzene rings is 2. The Morgan fingerprint density at radius 3 is 2.53 bits per heavy atom. The van der Waals surface area contributed by atoms with Crippen molar-refractivity contribution in [3.05, 3.63) is 53.3 Å². The van der Waals surface area contributed by atoms with Crippen molar-refractivity contribution < 1.29 is 17.9 Å². The van der Waals surface area contributed by atoms with Crippen LogP contribution in [0.2, 0.25) is 5.02 Å². The Morgan fingerprint density at radius 2 is 1.84 bits per heavy atom. The molecule has 0 aliphatic heterocycles. The largest absolute Gasteiger partial charge is 0.506 e. The third-order valence-corrected chi connectivity index (χ3v) is 4.19. The van der Waals surface area contributed by atoms with Gasteiger partial charge in [0.1, 0.15) is 16.5 Å². The molecule has 0 saturated heterocycles. The molecule has 0 bridgehead atoms. The number of hydrogen-bond donors (Lipinski definition) is 2. The lowest BCUT2D eigenvalue weighted by Crippen LogP contribution is -2.13. The molecule has 19 heavy (non-hydrogen) atoms. The molecule has 0 aromatic heterocycles. The second kappa shape index (κ2) is 5.07. The number of nitrogens with one attached hydrogen (secondary N) is 1. The highest BCUT2D eigenvalue weighted by Crippen LogP contribution is 2.28. The summed E-state index contributed by atoms with van der Waals surface area (Å²) < 4.78 is 39.2. The van der Waals surface area contributed by atoms with Gasteiger partial charge in [-0.05, 0) is 24.3 Å². The van der Waals surface area contributed by atoms with Gasteiger partial charge in [0, 0.05) is 6.07 Å². The summed E-state index contributed by atoms with van der Waals surface area (Å²) in [6.45, 7) is 0. The number of sulfonamides is 1. The van der Waals surface area contributed by atoms with E-state index >= 15 is 0 Å². The van der Waals surface area contributed by atoms with Crippen molar-refractivity contribution in [2.24, 2.45) is 0 Å². The number of phenols is 1. The van der Waals surface area contributed by atoms with E-state index in [1.54, 1.807) is 6.07 Å². The van der Waals surface area contributed by atoms with E-state index in [0.29, 0.717) is 0 Å². The molecule has 0 fully saturated rings. The van der Waals surface area contributed by atoms with Crippen LogP contribution in [0.5, 0.6) is 5.75 Å². The summed E-state index contributed by atoms with van der Waals surface area (Å²) in [6.07, 6.45) is 0. The summed E-state index contributed by atoms with van der Waals surface area (Å²) in [5, 5.41) is 9.52. The Labute approximate surface area is 114 Å². The summed E-state index contributed by atoms with van der Waals surface area (Å²) in [6, 6.07) is 8.77. The first-order chi connectivity index (χ1) is 8.90. The predicted molar refractivity (Wildman–Crippen MR) is 70.3 cm³/mol. The van der Waals surface area contributed by atoms with Gasteiger partial charge in [0.2, 0.25) is 0 Å². The average Bonchev–Trinajstić information content (AvgIpc) is 2.34. The van der Waals surface area contributed by atoms with E-state index in [9.17, 15) is 17.9 Å². The van der Waals surface area contributed by atoms with Crippen molar-refractivity contribution >= 4 is 27.3 Å². The van der Waals surface area contributed by atoms with Crippen LogP contribution in [0, 0.1) is 5.82 Å². The van der Waals surface area contributed by atoms with E-state index in [-0.39, 0.29) is 21.4 Å². The Kier molecular flexibility index (Phi) is 3.64. The zero-order valence-electron chi connectivity index (χ0n) is 9.47. The van der Waals surface area contributed by atoms with Gasteiger partial charge in [0.15, 0.2) is 0 Å². The molecular formula is C12H9ClFNO3S. The second-order valence-electron chi connectivity index (χ2n) is 3.70. The third kappa shape index (κ3) is 2.97. The van der Waals surface area contributed by atoms with Gasteiger partial charge in [-0.1, -0.05) is 23.7 Å². The first-order valence-electron chi connectivity index (χ1n) is 5.16. The highest BCUT2D eigenvalue weighted by molar-refractivity contribution is 7.92. The zero-order valence-corrected chi connectivity index (χ0v) is 11.0. The fourth-order valence-corrected chi connectivity index (χ4v) is 3.04. The number of rotatable bonds is 3. The van der Waals surface area contributed by atoms with Crippen molar-refractivity contribution in [3.63, 3.8) is 0 Å². The Morgan fingerprint density at radius 1 is 1.16 bits per heavy atom. The Balaban J connectivity index is 2.43. The maximum absolute atomic E-state index is 13.0. The first kappa shape index (κ1) is 13.6. The molecule has 0 spiro atoms. The molecule has 2 aromatic carbocycles. The minimum Gasteiger partial charge on any atom is -0.506 e. The molecule has 4 nitrogen and oxygen atoms in total. The Hall–Kier alpha value is -1.79. The van der Waals surface area contributed by atoms with Crippen LogP contribution in [-0.4, -0.2) is 13.5 Å². The van der Waals surface area contributed by atoms with Crippen LogP contribution in [0.25, 0.3) is 0 Å². The van der Waals surface area contributed by atoms with Gasteiger partial charge < -0.3 is 5.11 Å². The summed E-state index contributed by atoms with van der Waals surface area (Å²) >= 11 is 5.79. The van der Waals surface area contributed by atoms with E-state index in [1.807, 2.05) is 0 Å². The lowest BCUT2D eigenvalue weighted by molar-refractivity contribution is 0.475. The minimum atomic E-state index is -3.99. The number of aromatic hydroxyl groups is 1. The topological polar surface area (TPSA) is 66.4 Å². The molecule has 0 radical (unpaired) electrons. The van der Waals surface area contributed by atoms with E-state index < -0.39 is 15.8 Å². The maximum atomic E-state index is 13.0. The van der Waals surface area contributed by atoms with Crippen molar-refractivity contribution in [3.8, 4) is 5.75 Å². The maximum Gasteiger partial charge on any atom is 0.263 e. The van der Waals surface area contributed by atoms with Crippen LogP contribution in [-0.2, 0) is 10.0 Å². The number of phenolic OH excluding ortho intramolecular Hbond substituents is 1. The van der Waals surface area contributed by atoms with Crippen LogP contribution in [0.3, 0.4) is 0 Å². The van der Waals surface area contributed by atoms with Gasteiger partial charge in [-0.25, -0.2) is 12.8 Å². The SMILES string of the molecule is O=S(=O)(Nc1cc(F)ccc1O)c1ccccc1Cl. The van der Waals surface area contributed by atoms with Crippen molar-refractivity contribution in [2.45, 2.75) is 4.90 Å². The molecule has 0 heterocycles. The molecule has 2 rings (SSSR count). The molecule has 0 saturated carbocycles. The predicted octanol–water partition coefficient (Wildman–Crippen LogP) is 2.99. The summed E-state index contributed by atoms with van der Waals surface area (Å²) in [5.74, 6) is -1.05. The summed E-state index contributed by atoms with van der Waals surface area (Å²) in [7, 11) is -3.99. The number of halogens is 2. The number of anilines is 1. The van der Waals surface area contributed by atoms with E-state index in [1.165, 1.54) is 18.2 Å². The number of hydrogen-bond acceptors (Lipinski definition) is 3. The van der Waals surface area contributed by atoms with Crippen LogP contribution in [0.4, 0.5) is 10.1 Å². The average molecular weight is 302 g/mol. The van der Waals surface area contributed by atoms with E-state index in [0.717, 1.165) is 18.2 Å². The molecule has 0 aliphatic carbocycles. The second-order valence-corrected chi connectivity index (χ2v) is 5.76. The van der Waals surface area contributed by atoms with Gasteiger partial charge in [0.05, 0.1) is 10.7 Å². The molecule has 0 aliphatic rings. The van der Waals surface area contributed by atoms with Gasteiger partial charge in [-0.3, -0.25) is 4.72 Å². The highest BCUT2D eigenvalue weighted by atomic mass is 35.5. The van der Waals surface area contributed by atoms with Gasteiger partial charge in [-0.2, -0.15) is 0 Å². The van der Waals surface area contributed by atoms with E-state index in [4.69, 9.17) is 11.6 Å². The van der Waals surface area contributed by atoms with Crippen molar-refractivity contribution in [2.75, 3.05) is 4.72 Å². The molecule has 2 aromatic rings. The van der Waals surface area contributed by atoms with Gasteiger partial charge in [-0.15, -0.1) is 0 Å². The fraction of sp³-hybridized carbons (Fsp3) is 0. The van der Waals surface area contributed by atoms with Crippen LogP contribution in [0.1, 0.15) is 0 Å². The third-order valence-electron chi connectivity index (χ3n) is 2.33. The minimum absolute atomic E-state index is 0.0332. The van der Waals surface area contributed by atoms with Crippen molar-refractivity contribution in [1.82, 2.24) is 0 Å². The molecule has 2 N–H and O–H groups in total. The fourth-order valence-electron chi connectivity index (χ4n) is 1.45. The monoisotopic (exact) mass is 301 g/mol. The van der Waals surface area contributed by atoms with Crippen molar-refractivity contribution in [1.29, 1.82) is 0 Å². The summed E-state index contributed by atoms with van der Waals surface area (Å²) in [4.78, 5) is -0.152. The van der Waals surface area contributed by atoms with Gasteiger partial charge in [0.25, 0.3) is 10.0 Å². The lowest BCUT2D eigenvalue weighted by Gasteiger charge is -2.10. The molecule has 100 valence electrons. The smallest absolute Gasteiger partial charge is 0.263 e.